The molecule has 1 aliphatic carbocycles. The van der Waals surface area contributed by atoms with Crippen molar-refractivity contribution in [1.82, 2.24) is 40.1 Å². The number of anilines is 1. The Hall–Kier alpha value is -4.45. The number of nitrogens with zero attached hydrogens (tertiary/aromatic N) is 7. The van der Waals surface area contributed by atoms with Gasteiger partial charge in [0.2, 0.25) is 11.8 Å². The van der Waals surface area contributed by atoms with E-state index < -0.39 is 5.82 Å². The second-order valence-corrected chi connectivity index (χ2v) is 10.6. The van der Waals surface area contributed by atoms with Gasteiger partial charge in [0.05, 0.1) is 34.3 Å². The average Bonchev–Trinajstić information content (AvgIpc) is 3.30. The summed E-state index contributed by atoms with van der Waals surface area (Å²) < 4.78 is 16.7. The Morgan fingerprint density at radius 1 is 1.18 bits per heavy atom. The van der Waals surface area contributed by atoms with Crippen LogP contribution < -0.4 is 5.32 Å². The van der Waals surface area contributed by atoms with Gasteiger partial charge in [0, 0.05) is 41.6 Å². The van der Waals surface area contributed by atoms with E-state index in [1.165, 1.54) is 23.2 Å². The number of carbonyl (C=O) groups excluding carboxylic acids is 2. The van der Waals surface area contributed by atoms with Crippen LogP contribution in [0.15, 0.2) is 49.2 Å². The molecule has 1 unspecified atom stereocenters. The van der Waals surface area contributed by atoms with Crippen LogP contribution >= 0.6 is 11.6 Å². The number of pyridine rings is 1. The highest BCUT2D eigenvalue weighted by atomic mass is 35.5. The van der Waals surface area contributed by atoms with Crippen LogP contribution in [-0.2, 0) is 9.59 Å². The Bertz CT molecular complexity index is 1660. The van der Waals surface area contributed by atoms with E-state index in [9.17, 15) is 9.59 Å². The van der Waals surface area contributed by atoms with Crippen LogP contribution in [0.2, 0.25) is 5.02 Å². The van der Waals surface area contributed by atoms with Crippen molar-refractivity contribution in [2.75, 3.05) is 5.32 Å². The quantitative estimate of drug-likeness (QED) is 0.363. The minimum atomic E-state index is -0.616. The molecule has 1 saturated carbocycles. The summed E-state index contributed by atoms with van der Waals surface area (Å²) in [6, 6.07) is 4.49. The molecular weight excluding hydrogens is 537 g/mol. The third kappa shape index (κ3) is 4.24. The molecule has 202 valence electrons. The van der Waals surface area contributed by atoms with Crippen molar-refractivity contribution in [3.63, 3.8) is 0 Å². The van der Waals surface area contributed by atoms with Gasteiger partial charge < -0.3 is 15.2 Å². The van der Waals surface area contributed by atoms with Gasteiger partial charge >= 0.3 is 0 Å². The first-order chi connectivity index (χ1) is 19.5. The largest absolute Gasteiger partial charge is 0.346 e. The minimum Gasteiger partial charge on any atom is -0.346 e. The van der Waals surface area contributed by atoms with E-state index in [2.05, 4.69) is 30.8 Å². The summed E-state index contributed by atoms with van der Waals surface area (Å²) in [6.07, 6.45) is 11.6. The first kappa shape index (κ1) is 24.6. The van der Waals surface area contributed by atoms with Crippen LogP contribution in [0.1, 0.15) is 49.5 Å². The summed E-state index contributed by atoms with van der Waals surface area (Å²) in [7, 11) is 0. The van der Waals surface area contributed by atoms with Crippen molar-refractivity contribution in [3.8, 4) is 16.9 Å². The molecule has 2 amide bonds. The van der Waals surface area contributed by atoms with E-state index in [4.69, 9.17) is 16.6 Å². The maximum atomic E-state index is 15.3. The topological polar surface area (TPSA) is 135 Å². The van der Waals surface area contributed by atoms with Crippen LogP contribution in [0.4, 0.5) is 10.1 Å². The van der Waals surface area contributed by atoms with Crippen LogP contribution in [0.5, 0.6) is 0 Å². The highest BCUT2D eigenvalue weighted by molar-refractivity contribution is 6.31. The third-order valence-electron chi connectivity index (χ3n) is 7.72. The number of nitrogens with one attached hydrogen (secondary N) is 2. The Balaban J connectivity index is 1.17. The molecule has 0 spiro atoms. The molecular formula is C27H23ClFN9O2. The van der Waals surface area contributed by atoms with Gasteiger partial charge in [0.1, 0.15) is 12.2 Å². The summed E-state index contributed by atoms with van der Waals surface area (Å²) in [5.74, 6) is -0.137. The molecule has 11 nitrogen and oxygen atoms in total. The molecule has 2 fully saturated rings. The van der Waals surface area contributed by atoms with E-state index in [1.54, 1.807) is 24.7 Å². The number of hydrogen-bond acceptors (Lipinski definition) is 7. The van der Waals surface area contributed by atoms with Crippen LogP contribution in [0.3, 0.4) is 0 Å². The van der Waals surface area contributed by atoms with Gasteiger partial charge in [0.25, 0.3) is 0 Å². The number of imidazole rings is 1. The number of aromatic amines is 1. The Morgan fingerprint density at radius 3 is 2.85 bits per heavy atom. The molecule has 5 heterocycles. The van der Waals surface area contributed by atoms with E-state index >= 15 is 4.39 Å². The molecule has 40 heavy (non-hydrogen) atoms. The summed E-state index contributed by atoms with van der Waals surface area (Å²) >= 11 is 6.13. The number of amides is 2. The molecule has 2 aliphatic heterocycles. The van der Waals surface area contributed by atoms with E-state index in [-0.39, 0.29) is 40.4 Å². The van der Waals surface area contributed by atoms with Gasteiger partial charge in [-0.1, -0.05) is 11.6 Å². The molecule has 0 radical (unpaired) electrons. The molecule has 1 aromatic carbocycles. The summed E-state index contributed by atoms with van der Waals surface area (Å²) in [6.45, 7) is 0. The van der Waals surface area contributed by atoms with Gasteiger partial charge in [-0.25, -0.2) is 9.37 Å². The molecule has 0 bridgehead atoms. The lowest BCUT2D eigenvalue weighted by atomic mass is 9.92. The first-order valence-electron chi connectivity index (χ1n) is 13.0. The molecule has 3 aromatic heterocycles. The van der Waals surface area contributed by atoms with Crippen LogP contribution in [-0.4, -0.2) is 57.9 Å². The molecule has 4 aromatic rings. The van der Waals surface area contributed by atoms with E-state index in [1.807, 2.05) is 11.0 Å². The number of benzene rings is 1. The van der Waals surface area contributed by atoms with Crippen molar-refractivity contribution in [3.05, 3.63) is 71.4 Å². The number of tetrazole rings is 1. The lowest BCUT2D eigenvalue weighted by Gasteiger charge is -2.33. The predicted molar refractivity (Wildman–Crippen MR) is 142 cm³/mol. The summed E-state index contributed by atoms with van der Waals surface area (Å²) in [4.78, 5) is 39.9. The summed E-state index contributed by atoms with van der Waals surface area (Å²) in [5, 5.41) is 14.1. The number of fused-ring (bicyclic) bond motifs is 1. The zero-order valence-corrected chi connectivity index (χ0v) is 21.8. The molecule has 13 heteroatoms. The number of H-pyrrole nitrogens is 1. The zero-order valence-electron chi connectivity index (χ0n) is 21.1. The molecule has 1 saturated heterocycles. The highest BCUT2D eigenvalue weighted by Crippen LogP contribution is 2.44. The monoisotopic (exact) mass is 559 g/mol. The number of halogens is 2. The maximum absolute atomic E-state index is 15.3. The van der Waals surface area contributed by atoms with Gasteiger partial charge in [-0.15, -0.1) is 5.10 Å². The van der Waals surface area contributed by atoms with E-state index in [0.717, 1.165) is 24.8 Å². The summed E-state index contributed by atoms with van der Waals surface area (Å²) in [5.41, 5.74) is 3.18. The third-order valence-corrected chi connectivity index (χ3v) is 8.01. The first-order valence-corrected chi connectivity index (χ1v) is 13.4. The fraction of sp³-hybridized carbons (Fsp3) is 0.296. The van der Waals surface area contributed by atoms with Gasteiger partial charge in [0.15, 0.2) is 5.82 Å². The smallest absolute Gasteiger partial charge is 0.247 e. The standard InChI is InChI=1S/C27H23ClFN9O2/c28-18-4-6-21(37-13-32-35-36-37)24(25(18)29)15-9-16-3-5-22(38(16)23(39)10-15)26-31-12-20(33-26)17-7-8-30-11-19(17)34-27(40)14-1-2-14/h4,6-8,10-14,16,22H,1-3,5,9H2,(H,31,33)(H,34,40)/t16?,22-/m0/s1. The fourth-order valence-electron chi connectivity index (χ4n) is 5.65. The number of hydrogen-bond donors (Lipinski definition) is 2. The Labute approximate surface area is 232 Å². The maximum Gasteiger partial charge on any atom is 0.247 e. The van der Waals surface area contributed by atoms with Crippen molar-refractivity contribution >= 4 is 34.7 Å². The van der Waals surface area contributed by atoms with Gasteiger partial charge in [-0.3, -0.25) is 14.6 Å². The average molecular weight is 560 g/mol. The van der Waals surface area contributed by atoms with E-state index in [0.29, 0.717) is 41.3 Å². The molecule has 3 aliphatic rings. The van der Waals surface area contributed by atoms with Crippen molar-refractivity contribution in [2.45, 2.75) is 44.2 Å². The highest BCUT2D eigenvalue weighted by Gasteiger charge is 2.42. The lowest BCUT2D eigenvalue weighted by Crippen LogP contribution is -2.39. The van der Waals surface area contributed by atoms with Crippen LogP contribution in [0, 0.1) is 11.7 Å². The second-order valence-electron chi connectivity index (χ2n) is 10.2. The number of carbonyl (C=O) groups is 2. The van der Waals surface area contributed by atoms with Crippen LogP contribution in [0.25, 0.3) is 22.5 Å². The number of rotatable bonds is 6. The van der Waals surface area contributed by atoms with Crippen molar-refractivity contribution < 1.29 is 14.0 Å². The Morgan fingerprint density at radius 2 is 2.05 bits per heavy atom. The Kier molecular flexibility index (Phi) is 5.92. The SMILES string of the molecule is O=C(Nc1cnccc1-c1c[nH]c([C@@H]2CCC3CC(c4c(-n5cnnn5)ccc(Cl)c4F)=CC(=O)N32)n1)C1CC1. The van der Waals surface area contributed by atoms with Gasteiger partial charge in [-0.05, 0) is 66.3 Å². The zero-order chi connectivity index (χ0) is 27.4. The van der Waals surface area contributed by atoms with Gasteiger partial charge in [-0.2, -0.15) is 4.68 Å². The van der Waals surface area contributed by atoms with Crippen molar-refractivity contribution in [1.29, 1.82) is 0 Å². The normalized spacial score (nSPS) is 20.4. The molecule has 7 rings (SSSR count). The predicted octanol–water partition coefficient (Wildman–Crippen LogP) is 4.11. The second kappa shape index (κ2) is 9.63. The lowest BCUT2D eigenvalue weighted by molar-refractivity contribution is -0.129. The molecule has 2 N–H and O–H groups in total. The minimum absolute atomic E-state index is 0.00970. The van der Waals surface area contributed by atoms with Crippen molar-refractivity contribution in [2.24, 2.45) is 5.92 Å². The molecule has 2 atom stereocenters. The fourth-order valence-corrected chi connectivity index (χ4v) is 5.80. The number of aromatic nitrogens is 7.